The maximum Gasteiger partial charge on any atom is 0.147 e. The third kappa shape index (κ3) is 2.03. The summed E-state index contributed by atoms with van der Waals surface area (Å²) in [4.78, 5) is 14.0. The fourth-order valence-electron chi connectivity index (χ4n) is 2.46. The van der Waals surface area contributed by atoms with Crippen LogP contribution in [0.5, 0.6) is 0 Å². The van der Waals surface area contributed by atoms with Crippen LogP contribution in [0, 0.1) is 0 Å². The van der Waals surface area contributed by atoms with Crippen LogP contribution in [0.3, 0.4) is 0 Å². The second-order valence-corrected chi connectivity index (χ2v) is 4.87. The SMILES string of the molecule is CC(=O)[C@@H]1Cc2ccccc2CN1C(C)C. The summed E-state index contributed by atoms with van der Waals surface area (Å²) in [5.41, 5.74) is 2.70. The van der Waals surface area contributed by atoms with Gasteiger partial charge in [-0.05, 0) is 38.3 Å². The molecular weight excluding hydrogens is 198 g/mol. The number of hydrogen-bond donors (Lipinski definition) is 0. The zero-order valence-electron chi connectivity index (χ0n) is 10.2. The van der Waals surface area contributed by atoms with Crippen molar-refractivity contribution < 1.29 is 4.79 Å². The van der Waals surface area contributed by atoms with Crippen molar-refractivity contribution in [1.29, 1.82) is 0 Å². The second kappa shape index (κ2) is 4.38. The summed E-state index contributed by atoms with van der Waals surface area (Å²) >= 11 is 0. The third-order valence-electron chi connectivity index (χ3n) is 3.42. The molecule has 2 heteroatoms. The average Bonchev–Trinajstić information content (AvgIpc) is 2.27. The van der Waals surface area contributed by atoms with Crippen LogP contribution in [0.25, 0.3) is 0 Å². The molecule has 1 aromatic rings. The summed E-state index contributed by atoms with van der Waals surface area (Å²) in [5, 5.41) is 0. The molecule has 0 N–H and O–H groups in total. The Morgan fingerprint density at radius 1 is 1.31 bits per heavy atom. The Morgan fingerprint density at radius 2 is 1.94 bits per heavy atom. The minimum atomic E-state index is 0.0647. The first kappa shape index (κ1) is 11.3. The van der Waals surface area contributed by atoms with E-state index in [9.17, 15) is 4.79 Å². The lowest BCUT2D eigenvalue weighted by Gasteiger charge is -2.38. The van der Waals surface area contributed by atoms with Gasteiger partial charge >= 0.3 is 0 Å². The summed E-state index contributed by atoms with van der Waals surface area (Å²) in [7, 11) is 0. The molecule has 2 nitrogen and oxygen atoms in total. The molecule has 0 saturated carbocycles. The standard InChI is InChI=1S/C14H19NO/c1-10(2)15-9-13-7-5-4-6-12(13)8-14(15)11(3)16/h4-7,10,14H,8-9H2,1-3H3/t14-/m0/s1. The van der Waals surface area contributed by atoms with Crippen LogP contribution in [-0.4, -0.2) is 22.8 Å². The van der Waals surface area contributed by atoms with Gasteiger partial charge in [0.15, 0.2) is 0 Å². The first-order valence-electron chi connectivity index (χ1n) is 5.92. The molecule has 0 radical (unpaired) electrons. The van der Waals surface area contributed by atoms with E-state index in [0.717, 1.165) is 13.0 Å². The largest absolute Gasteiger partial charge is 0.298 e. The molecule has 0 aromatic heterocycles. The van der Waals surface area contributed by atoms with E-state index in [1.165, 1.54) is 11.1 Å². The number of Topliss-reactive ketones (excluding diaryl/α,β-unsaturated/α-hetero) is 1. The van der Waals surface area contributed by atoms with E-state index in [4.69, 9.17) is 0 Å². The highest BCUT2D eigenvalue weighted by Crippen LogP contribution is 2.25. The van der Waals surface area contributed by atoms with Gasteiger partial charge in [0, 0.05) is 12.6 Å². The van der Waals surface area contributed by atoms with Crippen LogP contribution >= 0.6 is 0 Å². The molecule has 1 aliphatic heterocycles. The topological polar surface area (TPSA) is 20.3 Å². The first-order chi connectivity index (χ1) is 7.59. The van der Waals surface area contributed by atoms with Gasteiger partial charge in [0.05, 0.1) is 6.04 Å². The van der Waals surface area contributed by atoms with Crippen molar-refractivity contribution in [2.24, 2.45) is 0 Å². The Hall–Kier alpha value is -1.15. The van der Waals surface area contributed by atoms with E-state index >= 15 is 0 Å². The zero-order valence-corrected chi connectivity index (χ0v) is 10.2. The van der Waals surface area contributed by atoms with Gasteiger partial charge in [0.1, 0.15) is 5.78 Å². The fraction of sp³-hybridized carbons (Fsp3) is 0.500. The molecular formula is C14H19NO. The Balaban J connectivity index is 2.33. The van der Waals surface area contributed by atoms with Crippen molar-refractivity contribution >= 4 is 5.78 Å². The third-order valence-corrected chi connectivity index (χ3v) is 3.42. The summed E-state index contributed by atoms with van der Waals surface area (Å²) in [6.07, 6.45) is 0.865. The van der Waals surface area contributed by atoms with Crippen LogP contribution in [0.4, 0.5) is 0 Å². The fourth-order valence-corrected chi connectivity index (χ4v) is 2.46. The lowest BCUT2D eigenvalue weighted by atomic mass is 9.91. The van der Waals surface area contributed by atoms with Crippen molar-refractivity contribution in [3.8, 4) is 0 Å². The number of hydrogen-bond acceptors (Lipinski definition) is 2. The quantitative estimate of drug-likeness (QED) is 0.758. The normalized spacial score (nSPS) is 20.9. The molecule has 0 fully saturated rings. The molecule has 16 heavy (non-hydrogen) atoms. The molecule has 1 atom stereocenters. The number of carbonyl (C=O) groups is 1. The van der Waals surface area contributed by atoms with Gasteiger partial charge in [-0.1, -0.05) is 24.3 Å². The van der Waals surface area contributed by atoms with E-state index in [0.29, 0.717) is 6.04 Å². The molecule has 0 bridgehead atoms. The highest BCUT2D eigenvalue weighted by Gasteiger charge is 2.30. The summed E-state index contributed by atoms with van der Waals surface area (Å²) in [5.74, 6) is 0.281. The highest BCUT2D eigenvalue weighted by atomic mass is 16.1. The molecule has 0 amide bonds. The Bertz CT molecular complexity index is 397. The van der Waals surface area contributed by atoms with Crippen LogP contribution in [0.1, 0.15) is 31.9 Å². The van der Waals surface area contributed by atoms with Crippen LogP contribution in [0.2, 0.25) is 0 Å². The molecule has 86 valence electrons. The van der Waals surface area contributed by atoms with Crippen LogP contribution < -0.4 is 0 Å². The van der Waals surface area contributed by atoms with Gasteiger partial charge in [0.25, 0.3) is 0 Å². The molecule has 1 heterocycles. The van der Waals surface area contributed by atoms with Crippen LogP contribution in [-0.2, 0) is 17.8 Å². The Labute approximate surface area is 97.3 Å². The monoisotopic (exact) mass is 217 g/mol. The second-order valence-electron chi connectivity index (χ2n) is 4.87. The van der Waals surface area contributed by atoms with E-state index < -0.39 is 0 Å². The number of carbonyl (C=O) groups excluding carboxylic acids is 1. The van der Waals surface area contributed by atoms with E-state index in [-0.39, 0.29) is 11.8 Å². The van der Waals surface area contributed by atoms with Crippen LogP contribution in [0.15, 0.2) is 24.3 Å². The minimum Gasteiger partial charge on any atom is -0.298 e. The predicted molar refractivity (Wildman–Crippen MR) is 65.3 cm³/mol. The number of nitrogens with zero attached hydrogens (tertiary/aromatic N) is 1. The zero-order chi connectivity index (χ0) is 11.7. The molecule has 2 rings (SSSR count). The van der Waals surface area contributed by atoms with Gasteiger partial charge in [-0.2, -0.15) is 0 Å². The average molecular weight is 217 g/mol. The van der Waals surface area contributed by atoms with Crippen molar-refractivity contribution in [2.75, 3.05) is 0 Å². The smallest absolute Gasteiger partial charge is 0.147 e. The molecule has 0 unspecified atom stereocenters. The molecule has 0 aliphatic carbocycles. The summed E-state index contributed by atoms with van der Waals surface area (Å²) < 4.78 is 0. The molecule has 1 aromatic carbocycles. The predicted octanol–water partition coefficient (Wildman–Crippen LogP) is 2.41. The lowest BCUT2D eigenvalue weighted by molar-refractivity contribution is -0.123. The summed E-state index contributed by atoms with van der Waals surface area (Å²) in [6, 6.07) is 8.92. The van der Waals surface area contributed by atoms with Crippen molar-refractivity contribution in [2.45, 2.75) is 45.8 Å². The number of fused-ring (bicyclic) bond motifs is 1. The lowest BCUT2D eigenvalue weighted by Crippen LogP contribution is -2.48. The van der Waals surface area contributed by atoms with E-state index in [1.54, 1.807) is 6.92 Å². The molecule has 0 saturated heterocycles. The van der Waals surface area contributed by atoms with Crippen molar-refractivity contribution in [1.82, 2.24) is 4.90 Å². The Kier molecular flexibility index (Phi) is 3.10. The molecule has 1 aliphatic rings. The van der Waals surface area contributed by atoms with Crippen molar-refractivity contribution in [3.63, 3.8) is 0 Å². The first-order valence-corrected chi connectivity index (χ1v) is 5.92. The van der Waals surface area contributed by atoms with Gasteiger partial charge in [-0.3, -0.25) is 9.69 Å². The number of ketones is 1. The van der Waals surface area contributed by atoms with E-state index in [1.807, 2.05) is 0 Å². The highest BCUT2D eigenvalue weighted by molar-refractivity contribution is 5.82. The minimum absolute atomic E-state index is 0.0647. The number of benzene rings is 1. The van der Waals surface area contributed by atoms with Gasteiger partial charge < -0.3 is 0 Å². The van der Waals surface area contributed by atoms with Gasteiger partial charge in [0.2, 0.25) is 0 Å². The maximum atomic E-state index is 11.7. The van der Waals surface area contributed by atoms with E-state index in [2.05, 4.69) is 43.0 Å². The number of rotatable bonds is 2. The summed E-state index contributed by atoms with van der Waals surface area (Å²) in [6.45, 7) is 6.92. The molecule has 0 spiro atoms. The van der Waals surface area contributed by atoms with Gasteiger partial charge in [-0.25, -0.2) is 0 Å². The van der Waals surface area contributed by atoms with Gasteiger partial charge in [-0.15, -0.1) is 0 Å². The maximum absolute atomic E-state index is 11.7. The Morgan fingerprint density at radius 3 is 2.50 bits per heavy atom. The van der Waals surface area contributed by atoms with Crippen molar-refractivity contribution in [3.05, 3.63) is 35.4 Å².